The summed E-state index contributed by atoms with van der Waals surface area (Å²) in [6, 6.07) is 6.87. The summed E-state index contributed by atoms with van der Waals surface area (Å²) in [6.07, 6.45) is 1.16. The molecule has 0 aliphatic carbocycles. The smallest absolute Gasteiger partial charge is 0.144 e. The summed E-state index contributed by atoms with van der Waals surface area (Å²) < 4.78 is 5.68. The van der Waals surface area contributed by atoms with Crippen LogP contribution in [0.2, 0.25) is 0 Å². The first kappa shape index (κ1) is 12.1. The summed E-state index contributed by atoms with van der Waals surface area (Å²) in [4.78, 5) is 2.47. The van der Waals surface area contributed by atoms with Crippen molar-refractivity contribution in [1.29, 1.82) is 0 Å². The molecule has 0 radical (unpaired) electrons. The topological polar surface area (TPSA) is 24.5 Å². The minimum atomic E-state index is 0.577. The second-order valence-corrected chi connectivity index (χ2v) is 4.46. The van der Waals surface area contributed by atoms with Crippen molar-refractivity contribution in [2.75, 3.05) is 29.9 Å². The van der Waals surface area contributed by atoms with Crippen molar-refractivity contribution in [3.8, 4) is 5.75 Å². The van der Waals surface area contributed by atoms with E-state index >= 15 is 0 Å². The minimum Gasteiger partial charge on any atom is -0.492 e. The molecule has 0 bridgehead atoms. The van der Waals surface area contributed by atoms with Crippen LogP contribution in [0.1, 0.15) is 27.2 Å². The lowest BCUT2D eigenvalue weighted by atomic mass is 10.1. The number of rotatable bonds is 4. The van der Waals surface area contributed by atoms with Gasteiger partial charge in [0.2, 0.25) is 0 Å². The second-order valence-electron chi connectivity index (χ2n) is 4.46. The molecular weight excluding hydrogens is 212 g/mol. The van der Waals surface area contributed by atoms with Crippen molar-refractivity contribution in [2.24, 2.45) is 0 Å². The van der Waals surface area contributed by atoms with Gasteiger partial charge >= 0.3 is 0 Å². The summed E-state index contributed by atoms with van der Waals surface area (Å²) in [7, 11) is 0. The van der Waals surface area contributed by atoms with Crippen molar-refractivity contribution in [2.45, 2.75) is 33.2 Å². The molecule has 1 atom stereocenters. The van der Waals surface area contributed by atoms with E-state index < -0.39 is 0 Å². The number of fused-ring (bicyclic) bond motifs is 1. The Labute approximate surface area is 104 Å². The zero-order chi connectivity index (χ0) is 12.3. The fraction of sp³-hybridized carbons (Fsp3) is 0.571. The van der Waals surface area contributed by atoms with Gasteiger partial charge in [0.05, 0.1) is 12.3 Å². The van der Waals surface area contributed by atoms with Crippen LogP contribution in [0.3, 0.4) is 0 Å². The van der Waals surface area contributed by atoms with Gasteiger partial charge in [0, 0.05) is 19.1 Å². The molecule has 94 valence electrons. The Bertz CT molecular complexity index is 378. The van der Waals surface area contributed by atoms with Crippen LogP contribution in [-0.4, -0.2) is 25.7 Å². The quantitative estimate of drug-likeness (QED) is 0.866. The van der Waals surface area contributed by atoms with E-state index in [4.69, 9.17) is 4.74 Å². The summed E-state index contributed by atoms with van der Waals surface area (Å²) in [6.45, 7) is 9.30. The molecule has 1 N–H and O–H groups in total. The predicted molar refractivity (Wildman–Crippen MR) is 73.2 cm³/mol. The van der Waals surface area contributed by atoms with Gasteiger partial charge in [0.25, 0.3) is 0 Å². The molecule has 3 nitrogen and oxygen atoms in total. The Hall–Kier alpha value is -1.38. The van der Waals surface area contributed by atoms with Crippen molar-refractivity contribution >= 4 is 11.4 Å². The summed E-state index contributed by atoms with van der Waals surface area (Å²) in [5, 5.41) is 3.46. The van der Waals surface area contributed by atoms with E-state index in [1.807, 2.05) is 13.0 Å². The van der Waals surface area contributed by atoms with Crippen LogP contribution >= 0.6 is 0 Å². The van der Waals surface area contributed by atoms with Gasteiger partial charge in [0.1, 0.15) is 11.4 Å². The fourth-order valence-electron chi connectivity index (χ4n) is 2.31. The maximum atomic E-state index is 5.68. The molecule has 1 aliphatic rings. The van der Waals surface area contributed by atoms with E-state index in [0.717, 1.165) is 30.9 Å². The molecular formula is C14H22N2O. The van der Waals surface area contributed by atoms with Crippen molar-refractivity contribution < 1.29 is 4.74 Å². The van der Waals surface area contributed by atoms with Gasteiger partial charge in [-0.25, -0.2) is 0 Å². The number of hydrogen-bond acceptors (Lipinski definition) is 3. The van der Waals surface area contributed by atoms with Crippen LogP contribution in [0, 0.1) is 0 Å². The highest BCUT2D eigenvalue weighted by Crippen LogP contribution is 2.38. The largest absolute Gasteiger partial charge is 0.492 e. The van der Waals surface area contributed by atoms with Gasteiger partial charge in [-0.1, -0.05) is 13.0 Å². The van der Waals surface area contributed by atoms with E-state index in [2.05, 4.69) is 36.2 Å². The monoisotopic (exact) mass is 234 g/mol. The van der Waals surface area contributed by atoms with Crippen LogP contribution in [-0.2, 0) is 0 Å². The zero-order valence-corrected chi connectivity index (χ0v) is 11.0. The van der Waals surface area contributed by atoms with E-state index in [0.29, 0.717) is 12.6 Å². The van der Waals surface area contributed by atoms with Crippen molar-refractivity contribution in [3.63, 3.8) is 0 Å². The molecule has 1 aliphatic heterocycles. The van der Waals surface area contributed by atoms with Crippen molar-refractivity contribution in [3.05, 3.63) is 18.2 Å². The van der Waals surface area contributed by atoms with Gasteiger partial charge in [-0.05, 0) is 32.4 Å². The maximum absolute atomic E-state index is 5.68. The SMILES string of the molecule is CCOc1cccc2c1NCCN2C(C)CC. The molecule has 2 rings (SSSR count). The van der Waals surface area contributed by atoms with E-state index in [1.54, 1.807) is 0 Å². The number of nitrogens with one attached hydrogen (secondary N) is 1. The molecule has 0 fully saturated rings. The normalized spacial score (nSPS) is 16.1. The van der Waals surface area contributed by atoms with Gasteiger partial charge in [-0.2, -0.15) is 0 Å². The van der Waals surface area contributed by atoms with Crippen LogP contribution in [0.4, 0.5) is 11.4 Å². The van der Waals surface area contributed by atoms with E-state index in [1.165, 1.54) is 5.69 Å². The number of hydrogen-bond donors (Lipinski definition) is 1. The number of nitrogens with zero attached hydrogens (tertiary/aromatic N) is 1. The first-order chi connectivity index (χ1) is 8.27. The molecule has 3 heteroatoms. The number of anilines is 2. The molecule has 0 amide bonds. The highest BCUT2D eigenvalue weighted by atomic mass is 16.5. The fourth-order valence-corrected chi connectivity index (χ4v) is 2.31. The molecule has 0 aromatic heterocycles. The predicted octanol–water partition coefficient (Wildman–Crippen LogP) is 3.12. The number of para-hydroxylation sites is 1. The highest BCUT2D eigenvalue weighted by Gasteiger charge is 2.22. The molecule has 17 heavy (non-hydrogen) atoms. The summed E-state index contributed by atoms with van der Waals surface area (Å²) in [5.41, 5.74) is 2.43. The summed E-state index contributed by atoms with van der Waals surface area (Å²) >= 11 is 0. The third-order valence-corrected chi connectivity index (χ3v) is 3.39. The van der Waals surface area contributed by atoms with E-state index in [9.17, 15) is 0 Å². The van der Waals surface area contributed by atoms with Gasteiger partial charge in [0.15, 0.2) is 0 Å². The number of benzene rings is 1. The minimum absolute atomic E-state index is 0.577. The van der Waals surface area contributed by atoms with Crippen LogP contribution in [0.25, 0.3) is 0 Å². The average Bonchev–Trinajstić information content (AvgIpc) is 2.38. The Morgan fingerprint density at radius 1 is 1.41 bits per heavy atom. The molecule has 1 unspecified atom stereocenters. The molecule has 0 saturated heterocycles. The molecule has 1 aromatic rings. The van der Waals surface area contributed by atoms with Crippen LogP contribution in [0.5, 0.6) is 5.75 Å². The molecule has 0 spiro atoms. The van der Waals surface area contributed by atoms with Gasteiger partial charge in [-0.15, -0.1) is 0 Å². The van der Waals surface area contributed by atoms with Crippen LogP contribution < -0.4 is 15.0 Å². The lowest BCUT2D eigenvalue weighted by Gasteiger charge is -2.37. The van der Waals surface area contributed by atoms with Gasteiger partial charge in [-0.3, -0.25) is 0 Å². The van der Waals surface area contributed by atoms with Gasteiger partial charge < -0.3 is 15.0 Å². The summed E-state index contributed by atoms with van der Waals surface area (Å²) in [5.74, 6) is 0.970. The lowest BCUT2D eigenvalue weighted by molar-refractivity contribution is 0.341. The Kier molecular flexibility index (Phi) is 3.77. The highest BCUT2D eigenvalue weighted by molar-refractivity contribution is 5.78. The third kappa shape index (κ3) is 2.33. The molecule has 0 saturated carbocycles. The van der Waals surface area contributed by atoms with Crippen LogP contribution in [0.15, 0.2) is 18.2 Å². The lowest BCUT2D eigenvalue weighted by Crippen LogP contribution is -2.40. The third-order valence-electron chi connectivity index (χ3n) is 3.39. The average molecular weight is 234 g/mol. The first-order valence-corrected chi connectivity index (χ1v) is 6.54. The Morgan fingerprint density at radius 2 is 2.24 bits per heavy atom. The molecule has 1 aromatic carbocycles. The first-order valence-electron chi connectivity index (χ1n) is 6.54. The number of ether oxygens (including phenoxy) is 1. The molecule has 1 heterocycles. The zero-order valence-electron chi connectivity index (χ0n) is 11.0. The second kappa shape index (κ2) is 5.30. The van der Waals surface area contributed by atoms with Crippen molar-refractivity contribution in [1.82, 2.24) is 0 Å². The standard InChI is InChI=1S/C14H22N2O/c1-4-11(3)16-10-9-15-14-12(16)7-6-8-13(14)17-5-2/h6-8,11,15H,4-5,9-10H2,1-3H3. The Balaban J connectivity index is 2.35. The Morgan fingerprint density at radius 3 is 2.94 bits per heavy atom. The maximum Gasteiger partial charge on any atom is 0.144 e. The van der Waals surface area contributed by atoms with E-state index in [-0.39, 0.29) is 0 Å².